The van der Waals surface area contributed by atoms with Gasteiger partial charge in [-0.3, -0.25) is 5.32 Å². The second-order valence-electron chi connectivity index (χ2n) is 4.62. The summed E-state index contributed by atoms with van der Waals surface area (Å²) < 4.78 is 18.6. The van der Waals surface area contributed by atoms with Crippen LogP contribution in [0.1, 0.15) is 12.8 Å². The van der Waals surface area contributed by atoms with Crippen LogP contribution in [0.4, 0.5) is 19.7 Å². The predicted octanol–water partition coefficient (Wildman–Crippen LogP) is 3.28. The summed E-state index contributed by atoms with van der Waals surface area (Å²) in [7, 11) is 0. The van der Waals surface area contributed by atoms with Gasteiger partial charge in [0, 0.05) is 30.4 Å². The number of piperidine rings is 1. The zero-order chi connectivity index (χ0) is 15.4. The number of likely N-dealkylation sites (tertiary alicyclic amines) is 1. The van der Waals surface area contributed by atoms with Crippen molar-refractivity contribution in [3.8, 4) is 0 Å². The molecular formula is C13H14BrFN2O4. The van der Waals surface area contributed by atoms with Gasteiger partial charge in [0.15, 0.2) is 0 Å². The summed E-state index contributed by atoms with van der Waals surface area (Å²) in [5, 5.41) is 11.3. The lowest BCUT2D eigenvalue weighted by Gasteiger charge is -2.29. The molecule has 0 spiro atoms. The molecule has 2 amide bonds. The van der Waals surface area contributed by atoms with E-state index >= 15 is 0 Å². The fraction of sp³-hybridized carbons (Fsp3) is 0.385. The molecule has 1 heterocycles. The Morgan fingerprint density at radius 1 is 1.38 bits per heavy atom. The molecule has 0 atom stereocenters. The van der Waals surface area contributed by atoms with Gasteiger partial charge in [-0.25, -0.2) is 14.0 Å². The van der Waals surface area contributed by atoms with Crippen LogP contribution in [0.5, 0.6) is 0 Å². The predicted molar refractivity (Wildman–Crippen MR) is 76.8 cm³/mol. The highest BCUT2D eigenvalue weighted by Crippen LogP contribution is 2.23. The second-order valence-corrected chi connectivity index (χ2v) is 5.48. The standard InChI is InChI=1S/C13H14BrFN2O4/c14-10-7-8(15)1-2-11(10)16-12(18)21-9-3-5-17(6-4-9)13(19)20/h1-2,7,9H,3-6H2,(H,16,18)(H,19,20). The number of carboxylic acid groups (broad SMARTS) is 1. The van der Waals surface area contributed by atoms with Crippen LogP contribution in [-0.4, -0.2) is 41.4 Å². The molecule has 0 aliphatic carbocycles. The summed E-state index contributed by atoms with van der Waals surface area (Å²) in [6.07, 6.45) is -1.00. The molecular weight excluding hydrogens is 347 g/mol. The van der Waals surface area contributed by atoms with Crippen LogP contribution in [0.15, 0.2) is 22.7 Å². The van der Waals surface area contributed by atoms with Crippen LogP contribution in [0.2, 0.25) is 0 Å². The first-order valence-electron chi connectivity index (χ1n) is 6.36. The van der Waals surface area contributed by atoms with Gasteiger partial charge in [-0.2, -0.15) is 0 Å². The van der Waals surface area contributed by atoms with Crippen molar-refractivity contribution in [2.24, 2.45) is 0 Å². The zero-order valence-corrected chi connectivity index (χ0v) is 12.6. The van der Waals surface area contributed by atoms with E-state index in [4.69, 9.17) is 9.84 Å². The maximum atomic E-state index is 12.9. The minimum atomic E-state index is -0.965. The van der Waals surface area contributed by atoms with Crippen LogP contribution in [0, 0.1) is 5.82 Å². The first-order valence-corrected chi connectivity index (χ1v) is 7.15. The number of nitrogens with one attached hydrogen (secondary N) is 1. The quantitative estimate of drug-likeness (QED) is 0.848. The highest BCUT2D eigenvalue weighted by Gasteiger charge is 2.24. The van der Waals surface area contributed by atoms with Crippen molar-refractivity contribution >= 4 is 33.8 Å². The zero-order valence-electron chi connectivity index (χ0n) is 11.0. The van der Waals surface area contributed by atoms with Gasteiger partial charge in [-0.05, 0) is 34.1 Å². The maximum Gasteiger partial charge on any atom is 0.411 e. The minimum Gasteiger partial charge on any atom is -0.465 e. The highest BCUT2D eigenvalue weighted by molar-refractivity contribution is 9.10. The van der Waals surface area contributed by atoms with Crippen LogP contribution < -0.4 is 5.32 Å². The van der Waals surface area contributed by atoms with Gasteiger partial charge in [0.2, 0.25) is 0 Å². The van der Waals surface area contributed by atoms with Crippen molar-refractivity contribution in [3.63, 3.8) is 0 Å². The summed E-state index contributed by atoms with van der Waals surface area (Å²) >= 11 is 3.14. The van der Waals surface area contributed by atoms with Crippen LogP contribution in [0.3, 0.4) is 0 Å². The number of carbonyl (C=O) groups excluding carboxylic acids is 1. The average molecular weight is 361 g/mol. The lowest BCUT2D eigenvalue weighted by molar-refractivity contribution is 0.0583. The lowest BCUT2D eigenvalue weighted by atomic mass is 10.1. The largest absolute Gasteiger partial charge is 0.465 e. The molecule has 2 rings (SSSR count). The summed E-state index contributed by atoms with van der Waals surface area (Å²) in [5.74, 6) is -0.415. The molecule has 6 nitrogen and oxygen atoms in total. The second kappa shape index (κ2) is 6.75. The number of hydrogen-bond donors (Lipinski definition) is 2. The molecule has 1 fully saturated rings. The van der Waals surface area contributed by atoms with E-state index < -0.39 is 18.0 Å². The topological polar surface area (TPSA) is 78.9 Å². The molecule has 2 N–H and O–H groups in total. The molecule has 0 saturated carbocycles. The third-order valence-electron chi connectivity index (χ3n) is 3.15. The van der Waals surface area contributed by atoms with Crippen molar-refractivity contribution in [1.82, 2.24) is 4.90 Å². The Bertz CT molecular complexity index is 547. The number of rotatable bonds is 2. The molecule has 1 aromatic carbocycles. The van der Waals surface area contributed by atoms with Crippen LogP contribution >= 0.6 is 15.9 Å². The number of benzene rings is 1. The molecule has 0 aromatic heterocycles. The Kier molecular flexibility index (Phi) is 5.00. The number of ether oxygens (including phenoxy) is 1. The summed E-state index contributed by atoms with van der Waals surface area (Å²) in [6.45, 7) is 0.682. The van der Waals surface area contributed by atoms with E-state index in [2.05, 4.69) is 21.2 Å². The SMILES string of the molecule is O=C(Nc1ccc(F)cc1Br)OC1CCN(C(=O)O)CC1. The molecule has 0 unspecified atom stereocenters. The Morgan fingerprint density at radius 3 is 2.62 bits per heavy atom. The van der Waals surface area contributed by atoms with Gasteiger partial charge >= 0.3 is 12.2 Å². The normalized spacial score (nSPS) is 15.6. The van der Waals surface area contributed by atoms with Crippen LogP contribution in [-0.2, 0) is 4.74 Å². The van der Waals surface area contributed by atoms with E-state index in [9.17, 15) is 14.0 Å². The molecule has 1 aliphatic heterocycles. The van der Waals surface area contributed by atoms with Gasteiger partial charge in [0.25, 0.3) is 0 Å². The maximum absolute atomic E-state index is 12.9. The van der Waals surface area contributed by atoms with Gasteiger partial charge in [-0.1, -0.05) is 0 Å². The highest BCUT2D eigenvalue weighted by atomic mass is 79.9. The molecule has 1 aliphatic rings. The molecule has 1 aromatic rings. The first-order chi connectivity index (χ1) is 9.95. The number of carbonyl (C=O) groups is 2. The van der Waals surface area contributed by atoms with Gasteiger partial charge in [0.1, 0.15) is 11.9 Å². The smallest absolute Gasteiger partial charge is 0.411 e. The van der Waals surface area contributed by atoms with E-state index in [0.29, 0.717) is 36.1 Å². The Morgan fingerprint density at radius 2 is 2.05 bits per heavy atom. The summed E-state index contributed by atoms with van der Waals surface area (Å²) in [4.78, 5) is 23.8. The third kappa shape index (κ3) is 4.32. The fourth-order valence-electron chi connectivity index (χ4n) is 2.05. The number of anilines is 1. The molecule has 1 saturated heterocycles. The van der Waals surface area contributed by atoms with E-state index in [1.807, 2.05) is 0 Å². The van der Waals surface area contributed by atoms with Crippen molar-refractivity contribution in [2.45, 2.75) is 18.9 Å². The van der Waals surface area contributed by atoms with Crippen molar-refractivity contribution < 1.29 is 23.8 Å². The van der Waals surface area contributed by atoms with Gasteiger partial charge in [0.05, 0.1) is 5.69 Å². The third-order valence-corrected chi connectivity index (χ3v) is 3.81. The Labute approximate surface area is 129 Å². The Hall–Kier alpha value is -1.83. The van der Waals surface area contributed by atoms with Gasteiger partial charge in [-0.15, -0.1) is 0 Å². The fourth-order valence-corrected chi connectivity index (χ4v) is 2.50. The monoisotopic (exact) mass is 360 g/mol. The van der Waals surface area contributed by atoms with E-state index in [0.717, 1.165) is 0 Å². The molecule has 8 heteroatoms. The Balaban J connectivity index is 1.84. The molecule has 0 bridgehead atoms. The van der Waals surface area contributed by atoms with Crippen molar-refractivity contribution in [2.75, 3.05) is 18.4 Å². The first kappa shape index (κ1) is 15.6. The molecule has 0 radical (unpaired) electrons. The van der Waals surface area contributed by atoms with Gasteiger partial charge < -0.3 is 14.7 Å². The molecule has 21 heavy (non-hydrogen) atoms. The summed E-state index contributed by atoms with van der Waals surface area (Å²) in [6, 6.07) is 3.89. The van der Waals surface area contributed by atoms with Crippen molar-refractivity contribution in [3.05, 3.63) is 28.5 Å². The minimum absolute atomic E-state index is 0.320. The van der Waals surface area contributed by atoms with E-state index in [1.54, 1.807) is 0 Å². The number of nitrogens with zero attached hydrogens (tertiary/aromatic N) is 1. The summed E-state index contributed by atoms with van der Waals surface area (Å²) in [5.41, 5.74) is 0.407. The van der Waals surface area contributed by atoms with Crippen molar-refractivity contribution in [1.29, 1.82) is 0 Å². The molecule has 114 valence electrons. The van der Waals surface area contributed by atoms with E-state index in [1.165, 1.54) is 23.1 Å². The number of hydrogen-bond acceptors (Lipinski definition) is 3. The number of halogens is 2. The lowest BCUT2D eigenvalue weighted by Crippen LogP contribution is -2.41. The average Bonchev–Trinajstić information content (AvgIpc) is 2.42. The van der Waals surface area contributed by atoms with E-state index in [-0.39, 0.29) is 6.10 Å². The number of amides is 2. The van der Waals surface area contributed by atoms with Crippen LogP contribution in [0.25, 0.3) is 0 Å².